The fourth-order valence-electron chi connectivity index (χ4n) is 4.49. The van der Waals surface area contributed by atoms with E-state index in [0.717, 1.165) is 37.7 Å². The number of methoxy groups -OCH3 is 1. The van der Waals surface area contributed by atoms with Crippen LogP contribution in [0, 0.1) is 5.92 Å². The van der Waals surface area contributed by atoms with E-state index in [4.69, 9.17) is 4.74 Å². The van der Waals surface area contributed by atoms with Gasteiger partial charge in [0.05, 0.1) is 7.11 Å². The third-order valence-corrected chi connectivity index (χ3v) is 6.55. The predicted molar refractivity (Wildman–Crippen MR) is 134 cm³/mol. The van der Waals surface area contributed by atoms with Gasteiger partial charge in [0.1, 0.15) is 17.8 Å². The third-order valence-electron chi connectivity index (χ3n) is 6.55. The average molecular weight is 498 g/mol. The molecule has 1 fully saturated rings. The molecule has 1 aliphatic carbocycles. The molecule has 1 heterocycles. The summed E-state index contributed by atoms with van der Waals surface area (Å²) in [4.78, 5) is 50.0. The lowest BCUT2D eigenvalue weighted by atomic mass is 9.83. The Kier molecular flexibility index (Phi) is 9.61. The topological polar surface area (TPSA) is 131 Å². The summed E-state index contributed by atoms with van der Waals surface area (Å²) in [7, 11) is 2.96. The summed E-state index contributed by atoms with van der Waals surface area (Å²) in [5, 5.41) is 12.6. The maximum atomic E-state index is 13.3. The second-order valence-electron chi connectivity index (χ2n) is 9.08. The lowest BCUT2D eigenvalue weighted by Gasteiger charge is -2.30. The summed E-state index contributed by atoms with van der Waals surface area (Å²) < 4.78 is 6.29. The van der Waals surface area contributed by atoms with E-state index in [2.05, 4.69) is 21.0 Å². The first kappa shape index (κ1) is 26.9. The Balaban J connectivity index is 1.69. The number of hydrogen-bond donors (Lipinski definition) is 3. The third kappa shape index (κ3) is 7.16. The van der Waals surface area contributed by atoms with E-state index in [-0.39, 0.29) is 36.5 Å². The monoisotopic (exact) mass is 497 g/mol. The number of rotatable bonds is 10. The molecule has 194 valence electrons. The number of carbonyl (C=O) groups excluding carboxylic acids is 4. The fourth-order valence-corrected chi connectivity index (χ4v) is 4.49. The van der Waals surface area contributed by atoms with Crippen molar-refractivity contribution in [1.29, 1.82) is 0 Å². The van der Waals surface area contributed by atoms with Gasteiger partial charge in [0.25, 0.3) is 5.91 Å². The predicted octanol–water partition coefficient (Wildman–Crippen LogP) is 2.35. The smallest absolute Gasteiger partial charge is 0.328 e. The molecule has 3 rings (SSSR count). The zero-order valence-corrected chi connectivity index (χ0v) is 21.1. The number of anilines is 1. The molecule has 0 aliphatic heterocycles. The maximum absolute atomic E-state index is 13.3. The van der Waals surface area contributed by atoms with Crippen LogP contribution in [-0.2, 0) is 32.6 Å². The minimum Gasteiger partial charge on any atom is -0.467 e. The minimum atomic E-state index is -0.791. The van der Waals surface area contributed by atoms with Crippen LogP contribution in [0.1, 0.15) is 61.5 Å². The molecule has 0 bridgehead atoms. The van der Waals surface area contributed by atoms with Gasteiger partial charge >= 0.3 is 5.97 Å². The van der Waals surface area contributed by atoms with Crippen LogP contribution in [0.5, 0.6) is 0 Å². The first-order valence-corrected chi connectivity index (χ1v) is 12.4. The van der Waals surface area contributed by atoms with Crippen LogP contribution in [0.4, 0.5) is 5.69 Å². The molecule has 10 nitrogen and oxygen atoms in total. The van der Waals surface area contributed by atoms with Crippen LogP contribution in [0.2, 0.25) is 0 Å². The van der Waals surface area contributed by atoms with Crippen LogP contribution in [0.3, 0.4) is 0 Å². The summed E-state index contributed by atoms with van der Waals surface area (Å²) >= 11 is 0. The lowest BCUT2D eigenvalue weighted by molar-refractivity contribution is -0.145. The molecule has 1 aromatic heterocycles. The number of benzene rings is 1. The van der Waals surface area contributed by atoms with E-state index in [9.17, 15) is 19.2 Å². The molecule has 3 N–H and O–H groups in total. The standard InChI is InChI=1S/C26H35N5O5/c1-4-22(32)29-20(26(35)36-3)16-17-10-12-19(13-11-17)28-25(34)23(18-8-6-5-7-9-18)30-24(33)21-14-15-27-31(21)2/h10-15,18,20,23H,4-9,16H2,1-3H3,(H,28,34)(H,29,32)(H,30,33). The van der Waals surface area contributed by atoms with E-state index in [1.807, 2.05) is 0 Å². The molecular weight excluding hydrogens is 462 g/mol. The molecule has 2 unspecified atom stereocenters. The van der Waals surface area contributed by atoms with Crippen LogP contribution in [0.25, 0.3) is 0 Å². The van der Waals surface area contributed by atoms with Crippen molar-refractivity contribution in [3.05, 3.63) is 47.8 Å². The highest BCUT2D eigenvalue weighted by Crippen LogP contribution is 2.27. The molecule has 2 aromatic rings. The Bertz CT molecular complexity index is 1060. The van der Waals surface area contributed by atoms with Gasteiger partial charge < -0.3 is 20.7 Å². The second kappa shape index (κ2) is 12.9. The number of aromatic nitrogens is 2. The second-order valence-corrected chi connectivity index (χ2v) is 9.08. The Morgan fingerprint density at radius 2 is 1.75 bits per heavy atom. The summed E-state index contributed by atoms with van der Waals surface area (Å²) in [6.45, 7) is 1.71. The van der Waals surface area contributed by atoms with Crippen molar-refractivity contribution in [1.82, 2.24) is 20.4 Å². The molecule has 2 atom stereocenters. The highest BCUT2D eigenvalue weighted by molar-refractivity contribution is 6.00. The van der Waals surface area contributed by atoms with Gasteiger partial charge in [0, 0.05) is 31.8 Å². The molecule has 1 saturated carbocycles. The Labute approximate surface area is 211 Å². The van der Waals surface area contributed by atoms with Gasteiger partial charge in [-0.05, 0) is 42.5 Å². The molecule has 10 heteroatoms. The molecular formula is C26H35N5O5. The van der Waals surface area contributed by atoms with E-state index in [1.165, 1.54) is 11.8 Å². The number of amides is 3. The van der Waals surface area contributed by atoms with Gasteiger partial charge in [-0.3, -0.25) is 19.1 Å². The number of ether oxygens (including phenoxy) is 1. The van der Waals surface area contributed by atoms with Gasteiger partial charge in [-0.15, -0.1) is 0 Å². The quantitative estimate of drug-likeness (QED) is 0.432. The van der Waals surface area contributed by atoms with Gasteiger partial charge in [-0.1, -0.05) is 38.3 Å². The van der Waals surface area contributed by atoms with Gasteiger partial charge in [-0.2, -0.15) is 5.10 Å². The summed E-state index contributed by atoms with van der Waals surface area (Å²) in [5.74, 6) is -1.31. The normalized spacial score (nSPS) is 15.4. The van der Waals surface area contributed by atoms with E-state index in [1.54, 1.807) is 50.5 Å². The number of esters is 1. The van der Waals surface area contributed by atoms with E-state index < -0.39 is 18.1 Å². The molecule has 0 radical (unpaired) electrons. The van der Waals surface area contributed by atoms with Crippen molar-refractivity contribution in [3.63, 3.8) is 0 Å². The highest BCUT2D eigenvalue weighted by atomic mass is 16.5. The molecule has 0 saturated heterocycles. The first-order chi connectivity index (χ1) is 17.3. The van der Waals surface area contributed by atoms with Crippen LogP contribution in [-0.4, -0.2) is 52.7 Å². The van der Waals surface area contributed by atoms with Crippen molar-refractivity contribution < 1.29 is 23.9 Å². The summed E-state index contributed by atoms with van der Waals surface area (Å²) in [6, 6.07) is 7.21. The molecule has 36 heavy (non-hydrogen) atoms. The van der Waals surface area contributed by atoms with Crippen molar-refractivity contribution >= 4 is 29.4 Å². The average Bonchev–Trinajstić information content (AvgIpc) is 3.33. The van der Waals surface area contributed by atoms with E-state index >= 15 is 0 Å². The molecule has 1 aromatic carbocycles. The van der Waals surface area contributed by atoms with Crippen molar-refractivity contribution in [2.45, 2.75) is 64.0 Å². The first-order valence-electron chi connectivity index (χ1n) is 12.4. The Morgan fingerprint density at radius 1 is 1.06 bits per heavy atom. The van der Waals surface area contributed by atoms with Gasteiger partial charge in [-0.25, -0.2) is 4.79 Å². The molecule has 1 aliphatic rings. The van der Waals surface area contributed by atoms with Gasteiger partial charge in [0.15, 0.2) is 0 Å². The number of aryl methyl sites for hydroxylation is 1. The summed E-state index contributed by atoms with van der Waals surface area (Å²) in [6.07, 6.45) is 7.01. The van der Waals surface area contributed by atoms with Crippen LogP contribution in [0.15, 0.2) is 36.5 Å². The maximum Gasteiger partial charge on any atom is 0.328 e. The lowest BCUT2D eigenvalue weighted by Crippen LogP contribution is -2.49. The Morgan fingerprint density at radius 3 is 2.33 bits per heavy atom. The van der Waals surface area contributed by atoms with Crippen molar-refractivity contribution in [2.75, 3.05) is 12.4 Å². The van der Waals surface area contributed by atoms with Gasteiger partial charge in [0.2, 0.25) is 11.8 Å². The van der Waals surface area contributed by atoms with Crippen molar-refractivity contribution in [2.24, 2.45) is 13.0 Å². The zero-order chi connectivity index (χ0) is 26.1. The Hall–Kier alpha value is -3.69. The SMILES string of the molecule is CCC(=O)NC(Cc1ccc(NC(=O)C(NC(=O)c2ccnn2C)C2CCCCC2)cc1)C(=O)OC. The minimum absolute atomic E-state index is 0.0539. The van der Waals surface area contributed by atoms with Crippen LogP contribution < -0.4 is 16.0 Å². The largest absolute Gasteiger partial charge is 0.467 e. The van der Waals surface area contributed by atoms with Crippen molar-refractivity contribution in [3.8, 4) is 0 Å². The summed E-state index contributed by atoms with van der Waals surface area (Å²) in [5.41, 5.74) is 1.77. The molecule has 0 spiro atoms. The number of hydrogen-bond acceptors (Lipinski definition) is 6. The number of carbonyl (C=O) groups is 4. The number of nitrogens with zero attached hydrogens (tertiary/aromatic N) is 2. The molecule has 3 amide bonds. The van der Waals surface area contributed by atoms with E-state index in [0.29, 0.717) is 11.4 Å². The van der Waals surface area contributed by atoms with Crippen LogP contribution >= 0.6 is 0 Å². The zero-order valence-electron chi connectivity index (χ0n) is 21.1. The fraction of sp³-hybridized carbons (Fsp3) is 0.500. The highest BCUT2D eigenvalue weighted by Gasteiger charge is 2.32. The number of nitrogens with one attached hydrogen (secondary N) is 3.